The lowest BCUT2D eigenvalue weighted by Crippen LogP contribution is -2.23. The van der Waals surface area contributed by atoms with Crippen LogP contribution in [0.2, 0.25) is 0 Å². The number of rotatable bonds is 7. The van der Waals surface area contributed by atoms with Crippen molar-refractivity contribution in [2.24, 2.45) is 5.92 Å². The Balaban J connectivity index is 0.00000191. The third-order valence-electron chi connectivity index (χ3n) is 3.03. The molecule has 0 bridgehead atoms. The van der Waals surface area contributed by atoms with Crippen LogP contribution in [0.4, 0.5) is 0 Å². The normalized spacial score (nSPS) is 11.6. The van der Waals surface area contributed by atoms with Crippen molar-refractivity contribution >= 4 is 6.08 Å². The van der Waals surface area contributed by atoms with Crippen LogP contribution < -0.4 is 0 Å². The van der Waals surface area contributed by atoms with E-state index in [4.69, 9.17) is 9.47 Å². The third kappa shape index (κ3) is 8.03. The highest BCUT2D eigenvalue weighted by Crippen LogP contribution is 2.25. The van der Waals surface area contributed by atoms with E-state index in [2.05, 4.69) is 64.1 Å². The van der Waals surface area contributed by atoms with Crippen molar-refractivity contribution in [2.75, 3.05) is 20.3 Å². The van der Waals surface area contributed by atoms with E-state index >= 15 is 0 Å². The average molecular weight is 292 g/mol. The minimum absolute atomic E-state index is 0.279. The SMILES string of the molecule is CC.COCCOC(C)(C)c1ccc(/C=C/C(C)C)cc1. The van der Waals surface area contributed by atoms with Gasteiger partial charge in [-0.1, -0.05) is 64.1 Å². The van der Waals surface area contributed by atoms with Gasteiger partial charge in [0.1, 0.15) is 0 Å². The molecule has 0 atom stereocenters. The summed E-state index contributed by atoms with van der Waals surface area (Å²) >= 11 is 0. The quantitative estimate of drug-likeness (QED) is 0.636. The standard InChI is InChI=1S/C17H26O2.C2H6/c1-14(2)6-7-15-8-10-16(11-9-15)17(3,4)19-13-12-18-5;1-2/h6-11,14H,12-13H2,1-5H3;1-2H3/b7-6+;. The second kappa shape index (κ2) is 10.6. The summed E-state index contributed by atoms with van der Waals surface area (Å²) in [4.78, 5) is 0. The average Bonchev–Trinajstić information content (AvgIpc) is 2.48. The molecule has 0 unspecified atom stereocenters. The minimum atomic E-state index is -0.279. The molecule has 1 rings (SSSR count). The molecule has 0 aromatic heterocycles. The fourth-order valence-electron chi connectivity index (χ4n) is 1.76. The highest BCUT2D eigenvalue weighted by atomic mass is 16.5. The van der Waals surface area contributed by atoms with Crippen LogP contribution in [0.5, 0.6) is 0 Å². The first-order chi connectivity index (χ1) is 9.95. The van der Waals surface area contributed by atoms with Crippen molar-refractivity contribution in [3.63, 3.8) is 0 Å². The van der Waals surface area contributed by atoms with Gasteiger partial charge in [0.15, 0.2) is 0 Å². The Hall–Kier alpha value is -1.12. The molecular weight excluding hydrogens is 260 g/mol. The minimum Gasteiger partial charge on any atom is -0.382 e. The van der Waals surface area contributed by atoms with Crippen molar-refractivity contribution in [1.82, 2.24) is 0 Å². The predicted molar refractivity (Wildman–Crippen MR) is 92.5 cm³/mol. The number of ether oxygens (including phenoxy) is 2. The maximum atomic E-state index is 5.85. The van der Waals surface area contributed by atoms with Crippen molar-refractivity contribution in [1.29, 1.82) is 0 Å². The van der Waals surface area contributed by atoms with Crippen molar-refractivity contribution in [3.8, 4) is 0 Å². The maximum Gasteiger partial charge on any atom is 0.0876 e. The second-order valence-corrected chi connectivity index (χ2v) is 5.58. The Morgan fingerprint density at radius 3 is 2.10 bits per heavy atom. The molecule has 0 radical (unpaired) electrons. The molecule has 120 valence electrons. The number of hydrogen-bond donors (Lipinski definition) is 0. The van der Waals surface area contributed by atoms with Crippen molar-refractivity contribution < 1.29 is 9.47 Å². The van der Waals surface area contributed by atoms with Crippen molar-refractivity contribution in [2.45, 2.75) is 47.1 Å². The Bertz CT molecular complexity index is 389. The van der Waals surface area contributed by atoms with E-state index in [0.29, 0.717) is 19.1 Å². The molecule has 0 fully saturated rings. The molecule has 0 saturated carbocycles. The number of allylic oxidation sites excluding steroid dienone is 1. The van der Waals surface area contributed by atoms with Crippen LogP contribution in [0, 0.1) is 5.92 Å². The zero-order valence-electron chi connectivity index (χ0n) is 14.8. The predicted octanol–water partition coefficient (Wildman–Crippen LogP) is 5.28. The maximum absolute atomic E-state index is 5.85. The first-order valence-corrected chi connectivity index (χ1v) is 7.87. The molecule has 2 heteroatoms. The van der Waals surface area contributed by atoms with Gasteiger partial charge in [0.25, 0.3) is 0 Å². The smallest absolute Gasteiger partial charge is 0.0876 e. The van der Waals surface area contributed by atoms with E-state index in [1.807, 2.05) is 13.8 Å². The van der Waals surface area contributed by atoms with E-state index in [0.717, 1.165) is 0 Å². The molecule has 0 heterocycles. The van der Waals surface area contributed by atoms with Gasteiger partial charge in [0, 0.05) is 7.11 Å². The van der Waals surface area contributed by atoms with Crippen LogP contribution >= 0.6 is 0 Å². The van der Waals surface area contributed by atoms with Crippen LogP contribution in [0.3, 0.4) is 0 Å². The molecule has 21 heavy (non-hydrogen) atoms. The lowest BCUT2D eigenvalue weighted by molar-refractivity contribution is -0.0431. The monoisotopic (exact) mass is 292 g/mol. The zero-order valence-corrected chi connectivity index (χ0v) is 14.8. The highest BCUT2D eigenvalue weighted by molar-refractivity contribution is 5.50. The lowest BCUT2D eigenvalue weighted by Gasteiger charge is -2.26. The van der Waals surface area contributed by atoms with Gasteiger partial charge in [0.2, 0.25) is 0 Å². The van der Waals surface area contributed by atoms with Gasteiger partial charge in [-0.25, -0.2) is 0 Å². The van der Waals surface area contributed by atoms with Crippen LogP contribution in [0.25, 0.3) is 6.08 Å². The van der Waals surface area contributed by atoms with Crippen molar-refractivity contribution in [3.05, 3.63) is 41.5 Å². The Kier molecular flexibility index (Phi) is 10.0. The summed E-state index contributed by atoms with van der Waals surface area (Å²) in [5.74, 6) is 0.577. The van der Waals surface area contributed by atoms with E-state index < -0.39 is 0 Å². The topological polar surface area (TPSA) is 18.5 Å². The fourth-order valence-corrected chi connectivity index (χ4v) is 1.76. The van der Waals surface area contributed by atoms with E-state index in [1.165, 1.54) is 11.1 Å². The molecule has 0 aliphatic rings. The van der Waals surface area contributed by atoms with E-state index in [-0.39, 0.29) is 5.60 Å². The van der Waals surface area contributed by atoms with E-state index in [1.54, 1.807) is 7.11 Å². The van der Waals surface area contributed by atoms with Gasteiger partial charge in [-0.2, -0.15) is 0 Å². The molecular formula is C19H32O2. The summed E-state index contributed by atoms with van der Waals surface area (Å²) in [6.45, 7) is 13.8. The zero-order chi connectivity index (χ0) is 16.3. The van der Waals surface area contributed by atoms with Gasteiger partial charge in [0.05, 0.1) is 18.8 Å². The van der Waals surface area contributed by atoms with Gasteiger partial charge in [-0.15, -0.1) is 0 Å². The summed E-state index contributed by atoms with van der Waals surface area (Å²) in [6, 6.07) is 8.53. The molecule has 1 aromatic rings. The summed E-state index contributed by atoms with van der Waals surface area (Å²) in [5, 5.41) is 0. The first-order valence-electron chi connectivity index (χ1n) is 7.87. The number of methoxy groups -OCH3 is 1. The van der Waals surface area contributed by atoms with Crippen LogP contribution in [-0.4, -0.2) is 20.3 Å². The summed E-state index contributed by atoms with van der Waals surface area (Å²) in [6.07, 6.45) is 4.36. The van der Waals surface area contributed by atoms with Gasteiger partial charge in [-0.05, 0) is 30.9 Å². The number of benzene rings is 1. The third-order valence-corrected chi connectivity index (χ3v) is 3.03. The Labute approximate surface area is 131 Å². The second-order valence-electron chi connectivity index (χ2n) is 5.58. The van der Waals surface area contributed by atoms with Gasteiger partial charge in [-0.3, -0.25) is 0 Å². The van der Waals surface area contributed by atoms with Crippen LogP contribution in [0.1, 0.15) is 52.7 Å². The highest BCUT2D eigenvalue weighted by Gasteiger charge is 2.20. The largest absolute Gasteiger partial charge is 0.382 e. The Morgan fingerprint density at radius 2 is 1.62 bits per heavy atom. The first kappa shape index (κ1) is 19.9. The van der Waals surface area contributed by atoms with Crippen LogP contribution in [-0.2, 0) is 15.1 Å². The van der Waals surface area contributed by atoms with Gasteiger partial charge >= 0.3 is 0 Å². The molecule has 0 N–H and O–H groups in total. The lowest BCUT2D eigenvalue weighted by atomic mass is 9.96. The van der Waals surface area contributed by atoms with Gasteiger partial charge < -0.3 is 9.47 Å². The molecule has 0 spiro atoms. The Morgan fingerprint density at radius 1 is 1.05 bits per heavy atom. The summed E-state index contributed by atoms with van der Waals surface area (Å²) < 4.78 is 10.9. The summed E-state index contributed by atoms with van der Waals surface area (Å²) in [5.41, 5.74) is 2.13. The molecule has 0 aliphatic carbocycles. The fraction of sp³-hybridized carbons (Fsp3) is 0.579. The number of hydrogen-bond acceptors (Lipinski definition) is 2. The molecule has 0 aliphatic heterocycles. The molecule has 1 aromatic carbocycles. The molecule has 0 amide bonds. The van der Waals surface area contributed by atoms with E-state index in [9.17, 15) is 0 Å². The molecule has 2 nitrogen and oxygen atoms in total. The molecule has 0 saturated heterocycles. The van der Waals surface area contributed by atoms with Crippen LogP contribution in [0.15, 0.2) is 30.3 Å². The summed E-state index contributed by atoms with van der Waals surface area (Å²) in [7, 11) is 1.69.